The fraction of sp³-hybridized carbons (Fsp3) is 0.886. The Morgan fingerprint density at radius 2 is 1.63 bits per heavy atom. The van der Waals surface area contributed by atoms with Crippen molar-refractivity contribution < 1.29 is 23.5 Å². The van der Waals surface area contributed by atoms with E-state index in [0.29, 0.717) is 24.9 Å². The molecule has 0 bridgehead atoms. The lowest BCUT2D eigenvalue weighted by Gasteiger charge is -2.61. The quantitative estimate of drug-likeness (QED) is 0.272. The van der Waals surface area contributed by atoms with Crippen LogP contribution in [0.5, 0.6) is 0 Å². The molecular formula is C35H57FN6O4. The molecule has 258 valence electrons. The molecule has 0 aromatic heterocycles. The van der Waals surface area contributed by atoms with Gasteiger partial charge < -0.3 is 34.8 Å². The van der Waals surface area contributed by atoms with Crippen molar-refractivity contribution in [3.8, 4) is 0 Å². The van der Waals surface area contributed by atoms with E-state index in [1.807, 2.05) is 6.20 Å². The van der Waals surface area contributed by atoms with Crippen LogP contribution in [0.15, 0.2) is 11.8 Å². The summed E-state index contributed by atoms with van der Waals surface area (Å²) in [5.74, 6) is 0.257. The molecule has 3 aliphatic carbocycles. The van der Waals surface area contributed by atoms with E-state index in [0.717, 1.165) is 91.3 Å². The number of fused-ring (bicyclic) bond motifs is 3. The van der Waals surface area contributed by atoms with Crippen LogP contribution in [0.3, 0.4) is 0 Å². The van der Waals surface area contributed by atoms with Crippen LogP contribution in [0, 0.1) is 17.8 Å². The Bertz CT molecular complexity index is 1100. The van der Waals surface area contributed by atoms with Crippen LogP contribution in [0.2, 0.25) is 0 Å². The number of ether oxygens (including phenoxy) is 2. The van der Waals surface area contributed by atoms with Crippen molar-refractivity contribution in [2.75, 3.05) is 85.7 Å². The molecule has 2 N–H and O–H groups in total. The minimum atomic E-state index is -1.20. The van der Waals surface area contributed by atoms with E-state index >= 15 is 4.39 Å². The van der Waals surface area contributed by atoms with E-state index < -0.39 is 24.2 Å². The average Bonchev–Trinajstić information content (AvgIpc) is 3.07. The highest BCUT2D eigenvalue weighted by Gasteiger charge is 2.59. The number of ketones is 1. The summed E-state index contributed by atoms with van der Waals surface area (Å²) in [4.78, 5) is 37.1. The Labute approximate surface area is 274 Å². The van der Waals surface area contributed by atoms with Crippen LogP contribution in [0.25, 0.3) is 0 Å². The predicted molar refractivity (Wildman–Crippen MR) is 174 cm³/mol. The van der Waals surface area contributed by atoms with Crippen LogP contribution >= 0.6 is 0 Å². The molecule has 0 aromatic rings. The number of nitrogens with one attached hydrogen (secondary N) is 2. The van der Waals surface area contributed by atoms with Gasteiger partial charge >= 0.3 is 0 Å². The van der Waals surface area contributed by atoms with Crippen molar-refractivity contribution >= 4 is 11.7 Å². The van der Waals surface area contributed by atoms with Gasteiger partial charge in [-0.3, -0.25) is 14.5 Å². The number of halogens is 1. The van der Waals surface area contributed by atoms with Crippen LogP contribution in [0.1, 0.15) is 57.8 Å². The van der Waals surface area contributed by atoms with Crippen molar-refractivity contribution in [3.63, 3.8) is 0 Å². The van der Waals surface area contributed by atoms with Gasteiger partial charge in [0.15, 0.2) is 5.78 Å². The molecule has 46 heavy (non-hydrogen) atoms. The number of likely N-dealkylation sites (N-methyl/N-ethyl adjacent to an activating group) is 1. The van der Waals surface area contributed by atoms with Gasteiger partial charge in [0.25, 0.3) is 5.91 Å². The predicted octanol–water partition coefficient (Wildman–Crippen LogP) is 1.65. The van der Waals surface area contributed by atoms with Gasteiger partial charge in [-0.2, -0.15) is 0 Å². The third-order valence-corrected chi connectivity index (χ3v) is 12.4. The first-order valence-electron chi connectivity index (χ1n) is 18.5. The highest BCUT2D eigenvalue weighted by molar-refractivity contribution is 6.20. The summed E-state index contributed by atoms with van der Waals surface area (Å²) >= 11 is 0. The fourth-order valence-electron chi connectivity index (χ4n) is 9.76. The van der Waals surface area contributed by atoms with Gasteiger partial charge in [-0.25, -0.2) is 4.39 Å². The van der Waals surface area contributed by atoms with E-state index in [9.17, 15) is 9.59 Å². The van der Waals surface area contributed by atoms with Crippen LogP contribution < -0.4 is 10.6 Å². The number of nitrogens with zero attached hydrogens (tertiary/aromatic N) is 4. The summed E-state index contributed by atoms with van der Waals surface area (Å²) in [6.45, 7) is 10.8. The Morgan fingerprint density at radius 3 is 2.39 bits per heavy atom. The molecule has 11 heteroatoms. The normalized spacial score (nSPS) is 38.8. The molecule has 4 aliphatic heterocycles. The topological polar surface area (TPSA) is 89.6 Å². The first-order valence-corrected chi connectivity index (χ1v) is 18.5. The van der Waals surface area contributed by atoms with E-state index in [1.165, 1.54) is 25.7 Å². The number of alkyl halides is 1. The minimum absolute atomic E-state index is 0.00144. The minimum Gasteiger partial charge on any atom is -0.379 e. The maximum absolute atomic E-state index is 16.2. The number of Topliss-reactive ketones (excluding diaryl/α,β-unsaturated/α-hetero) is 1. The van der Waals surface area contributed by atoms with Gasteiger partial charge in [-0.15, -0.1) is 0 Å². The number of piperazine rings is 1. The van der Waals surface area contributed by atoms with Crippen molar-refractivity contribution in [1.29, 1.82) is 0 Å². The van der Waals surface area contributed by atoms with Gasteiger partial charge in [0.2, 0.25) is 0 Å². The Balaban J connectivity index is 1.04. The van der Waals surface area contributed by atoms with Crippen LogP contribution in [-0.4, -0.2) is 154 Å². The molecule has 0 radical (unpaired) electrons. The molecule has 4 heterocycles. The zero-order valence-electron chi connectivity index (χ0n) is 27.9. The second kappa shape index (κ2) is 14.9. The molecule has 0 spiro atoms. The zero-order valence-corrected chi connectivity index (χ0v) is 27.9. The van der Waals surface area contributed by atoms with Crippen molar-refractivity contribution in [2.24, 2.45) is 17.8 Å². The molecule has 6 fully saturated rings. The third-order valence-electron chi connectivity index (χ3n) is 12.4. The van der Waals surface area contributed by atoms with Gasteiger partial charge in [-0.05, 0) is 70.6 Å². The average molecular weight is 645 g/mol. The lowest BCUT2D eigenvalue weighted by Crippen LogP contribution is -2.73. The van der Waals surface area contributed by atoms with Gasteiger partial charge in [0, 0.05) is 57.9 Å². The number of carbonyl (C=O) groups is 2. The molecule has 3 saturated carbocycles. The molecule has 9 unspecified atom stereocenters. The second-order valence-electron chi connectivity index (χ2n) is 15.2. The molecule has 7 rings (SSSR count). The highest BCUT2D eigenvalue weighted by atomic mass is 19.1. The number of carbonyl (C=O) groups excluding carboxylic acids is 2. The Hall–Kier alpha value is -1.63. The van der Waals surface area contributed by atoms with E-state index in [2.05, 4.69) is 37.3 Å². The molecule has 7 aliphatic rings. The summed E-state index contributed by atoms with van der Waals surface area (Å²) in [6.07, 6.45) is 9.28. The number of amides is 1. The smallest absolute Gasteiger partial charge is 0.256 e. The standard InChI is InChI=1S/C35H57FN6O4/c1-39-12-14-40(15-13-39)10-5-9-38-35(44)27-23-42-29-20-24-6-2-3-7-25(24)21-30(29)46-34-31(28(36)22-26(32(34)42)33(27)43)37-8-4-11-41-16-18-45-19-17-41/h23-26,28-32,34,37H,2-22H2,1H3,(H,38,44). The summed E-state index contributed by atoms with van der Waals surface area (Å²) in [5.41, 5.74) is 0.218. The van der Waals surface area contributed by atoms with E-state index in [4.69, 9.17) is 9.47 Å². The first kappa shape index (κ1) is 32.9. The summed E-state index contributed by atoms with van der Waals surface area (Å²) in [6, 6.07) is -0.551. The number of hydrogen-bond donors (Lipinski definition) is 2. The number of hydrogen-bond acceptors (Lipinski definition) is 9. The lowest BCUT2D eigenvalue weighted by molar-refractivity contribution is -0.208. The van der Waals surface area contributed by atoms with Crippen LogP contribution in [-0.2, 0) is 19.1 Å². The third kappa shape index (κ3) is 7.06. The van der Waals surface area contributed by atoms with Crippen molar-refractivity contribution in [2.45, 2.75) is 94.3 Å². The monoisotopic (exact) mass is 644 g/mol. The SMILES string of the molecule is CN1CCN(CCCNC(=O)C2=CN3C4CC5CCCCC5CC4OC4C(NCCCN5CCOCC5)C(F)CC(C2=O)C43)CC1. The Kier molecular flexibility index (Phi) is 10.6. The summed E-state index contributed by atoms with van der Waals surface area (Å²) in [5, 5.41) is 6.62. The van der Waals surface area contributed by atoms with Crippen molar-refractivity contribution in [1.82, 2.24) is 30.2 Å². The second-order valence-corrected chi connectivity index (χ2v) is 15.2. The molecular weight excluding hydrogens is 587 g/mol. The van der Waals surface area contributed by atoms with Crippen molar-refractivity contribution in [3.05, 3.63) is 11.8 Å². The van der Waals surface area contributed by atoms with E-state index in [1.54, 1.807) is 0 Å². The summed E-state index contributed by atoms with van der Waals surface area (Å²) < 4.78 is 28.6. The largest absolute Gasteiger partial charge is 0.379 e. The molecule has 9 atom stereocenters. The summed E-state index contributed by atoms with van der Waals surface area (Å²) in [7, 11) is 2.15. The highest BCUT2D eigenvalue weighted by Crippen LogP contribution is 2.50. The van der Waals surface area contributed by atoms with Gasteiger partial charge in [0.1, 0.15) is 6.17 Å². The van der Waals surface area contributed by atoms with Gasteiger partial charge in [0.05, 0.1) is 49.1 Å². The maximum Gasteiger partial charge on any atom is 0.256 e. The molecule has 0 aromatic carbocycles. The van der Waals surface area contributed by atoms with Gasteiger partial charge in [-0.1, -0.05) is 25.7 Å². The van der Waals surface area contributed by atoms with Crippen LogP contribution in [0.4, 0.5) is 4.39 Å². The Morgan fingerprint density at radius 1 is 0.935 bits per heavy atom. The molecule has 3 saturated heterocycles. The maximum atomic E-state index is 16.2. The zero-order chi connectivity index (χ0) is 31.6. The first-order chi connectivity index (χ1) is 22.5. The van der Waals surface area contributed by atoms with E-state index in [-0.39, 0.29) is 41.9 Å². The number of morpholine rings is 2. The fourth-order valence-corrected chi connectivity index (χ4v) is 9.76. The number of rotatable bonds is 10. The molecule has 1 amide bonds. The lowest BCUT2D eigenvalue weighted by atomic mass is 9.65. The molecule has 10 nitrogen and oxygen atoms in total.